The Hall–Kier alpha value is -1.92. The number of hydrogen-bond acceptors (Lipinski definition) is 4. The Balaban J connectivity index is 2.46. The molecule has 0 radical (unpaired) electrons. The largest absolute Gasteiger partial charge is 0.495 e. The minimum Gasteiger partial charge on any atom is -0.495 e. The van der Waals surface area contributed by atoms with E-state index in [1.54, 1.807) is 25.1 Å². The summed E-state index contributed by atoms with van der Waals surface area (Å²) in [6.45, 7) is 1.74. The standard InChI is InChI=1S/C14H15ClN2O3S/c1-9-11(15)4-3-5-12(9)17-21(18,19)14-7-6-10(16)8-13(14)20-2/h3-8,17H,16H2,1-2H3. The van der Waals surface area contributed by atoms with E-state index >= 15 is 0 Å². The van der Waals surface area contributed by atoms with Crippen molar-refractivity contribution in [1.82, 2.24) is 0 Å². The number of rotatable bonds is 4. The summed E-state index contributed by atoms with van der Waals surface area (Å²) in [5, 5.41) is 0.486. The molecule has 0 saturated heterocycles. The van der Waals surface area contributed by atoms with Gasteiger partial charge in [0.2, 0.25) is 0 Å². The lowest BCUT2D eigenvalue weighted by molar-refractivity contribution is 0.403. The molecule has 0 aliphatic carbocycles. The van der Waals surface area contributed by atoms with Crippen molar-refractivity contribution in [2.75, 3.05) is 17.6 Å². The third-order valence-electron chi connectivity index (χ3n) is 2.99. The average molecular weight is 327 g/mol. The van der Waals surface area contributed by atoms with Crippen LogP contribution in [0, 0.1) is 6.92 Å². The molecule has 0 bridgehead atoms. The lowest BCUT2D eigenvalue weighted by Crippen LogP contribution is -2.15. The van der Waals surface area contributed by atoms with Crippen molar-refractivity contribution in [3.05, 3.63) is 47.0 Å². The van der Waals surface area contributed by atoms with Crippen LogP contribution in [0.15, 0.2) is 41.3 Å². The lowest BCUT2D eigenvalue weighted by atomic mass is 10.2. The van der Waals surface area contributed by atoms with Crippen molar-refractivity contribution in [3.63, 3.8) is 0 Å². The summed E-state index contributed by atoms with van der Waals surface area (Å²) in [7, 11) is -2.41. The fourth-order valence-corrected chi connectivity index (χ4v) is 3.27. The SMILES string of the molecule is COc1cc(N)ccc1S(=O)(=O)Nc1cccc(Cl)c1C. The number of methoxy groups -OCH3 is 1. The maximum atomic E-state index is 12.5. The number of hydrogen-bond donors (Lipinski definition) is 2. The lowest BCUT2D eigenvalue weighted by Gasteiger charge is -2.14. The van der Waals surface area contributed by atoms with E-state index < -0.39 is 10.0 Å². The molecule has 5 nitrogen and oxygen atoms in total. The third-order valence-corrected chi connectivity index (χ3v) is 4.80. The molecule has 0 aliphatic rings. The second-order valence-electron chi connectivity index (χ2n) is 4.43. The van der Waals surface area contributed by atoms with Crippen LogP contribution in [0.3, 0.4) is 0 Å². The van der Waals surface area contributed by atoms with Gasteiger partial charge in [-0.15, -0.1) is 0 Å². The molecule has 0 atom stereocenters. The monoisotopic (exact) mass is 326 g/mol. The van der Waals surface area contributed by atoms with Crippen molar-refractivity contribution in [1.29, 1.82) is 0 Å². The van der Waals surface area contributed by atoms with Crippen molar-refractivity contribution in [2.45, 2.75) is 11.8 Å². The second kappa shape index (κ2) is 5.83. The molecular weight excluding hydrogens is 312 g/mol. The van der Waals surface area contributed by atoms with Crippen molar-refractivity contribution >= 4 is 33.0 Å². The summed E-state index contributed by atoms with van der Waals surface area (Å²) < 4.78 is 32.5. The van der Waals surface area contributed by atoms with Crippen LogP contribution in [0.2, 0.25) is 5.02 Å². The average Bonchev–Trinajstić information content (AvgIpc) is 2.43. The molecule has 7 heteroatoms. The van der Waals surface area contributed by atoms with Crippen LogP contribution in [0.1, 0.15) is 5.56 Å². The predicted molar refractivity (Wildman–Crippen MR) is 84.4 cm³/mol. The molecule has 2 rings (SSSR count). The Kier molecular flexibility index (Phi) is 4.29. The zero-order valence-corrected chi connectivity index (χ0v) is 13.1. The molecule has 0 unspecified atom stereocenters. The van der Waals surface area contributed by atoms with E-state index in [1.807, 2.05) is 0 Å². The van der Waals surface area contributed by atoms with E-state index in [0.29, 0.717) is 22.0 Å². The summed E-state index contributed by atoms with van der Waals surface area (Å²) in [5.74, 6) is 0.183. The highest BCUT2D eigenvalue weighted by Crippen LogP contribution is 2.30. The number of halogens is 1. The van der Waals surface area contributed by atoms with Gasteiger partial charge in [0.25, 0.3) is 10.0 Å². The number of nitrogen functional groups attached to an aromatic ring is 1. The summed E-state index contributed by atoms with van der Waals surface area (Å²) in [5.41, 5.74) is 7.12. The van der Waals surface area contributed by atoms with Crippen molar-refractivity contribution in [2.24, 2.45) is 0 Å². The number of benzene rings is 2. The summed E-state index contributed by atoms with van der Waals surface area (Å²) >= 11 is 5.99. The highest BCUT2D eigenvalue weighted by Gasteiger charge is 2.20. The molecule has 21 heavy (non-hydrogen) atoms. The summed E-state index contributed by atoms with van der Waals surface area (Å²) in [6, 6.07) is 9.37. The second-order valence-corrected chi connectivity index (χ2v) is 6.49. The number of sulfonamides is 1. The Morgan fingerprint density at radius 1 is 1.24 bits per heavy atom. The van der Waals surface area contributed by atoms with Gasteiger partial charge in [0.15, 0.2) is 0 Å². The first-order valence-corrected chi connectivity index (χ1v) is 7.92. The zero-order valence-electron chi connectivity index (χ0n) is 11.6. The van der Waals surface area contributed by atoms with Gasteiger partial charge in [0.05, 0.1) is 12.8 Å². The molecule has 0 fully saturated rings. The smallest absolute Gasteiger partial charge is 0.265 e. The van der Waals surface area contributed by atoms with E-state index in [9.17, 15) is 8.42 Å². The van der Waals surface area contributed by atoms with Crippen molar-refractivity contribution < 1.29 is 13.2 Å². The normalized spacial score (nSPS) is 11.2. The van der Waals surface area contributed by atoms with Gasteiger partial charge in [-0.25, -0.2) is 8.42 Å². The van der Waals surface area contributed by atoms with Crippen molar-refractivity contribution in [3.8, 4) is 5.75 Å². The van der Waals surface area contributed by atoms with Crippen LogP contribution in [-0.4, -0.2) is 15.5 Å². The number of ether oxygens (including phenoxy) is 1. The van der Waals surface area contributed by atoms with Gasteiger partial charge >= 0.3 is 0 Å². The maximum absolute atomic E-state index is 12.5. The minimum absolute atomic E-state index is 0.0126. The van der Waals surface area contributed by atoms with Crippen LogP contribution in [0.5, 0.6) is 5.75 Å². The van der Waals surface area contributed by atoms with Gasteiger partial charge in [-0.05, 0) is 36.8 Å². The first-order valence-electron chi connectivity index (χ1n) is 6.06. The highest BCUT2D eigenvalue weighted by atomic mass is 35.5. The third kappa shape index (κ3) is 3.22. The maximum Gasteiger partial charge on any atom is 0.265 e. The molecule has 0 aliphatic heterocycles. The molecule has 112 valence electrons. The van der Waals surface area contributed by atoms with Gasteiger partial charge in [-0.3, -0.25) is 4.72 Å². The van der Waals surface area contributed by atoms with Gasteiger partial charge in [-0.1, -0.05) is 17.7 Å². The fraction of sp³-hybridized carbons (Fsp3) is 0.143. The Bertz CT molecular complexity index is 776. The highest BCUT2D eigenvalue weighted by molar-refractivity contribution is 7.92. The van der Waals surface area contributed by atoms with Crippen LogP contribution in [0.4, 0.5) is 11.4 Å². The quantitative estimate of drug-likeness (QED) is 0.846. The molecule has 0 amide bonds. The van der Waals surface area contributed by atoms with Gasteiger partial charge in [0, 0.05) is 16.8 Å². The van der Waals surface area contributed by atoms with Gasteiger partial charge in [-0.2, -0.15) is 0 Å². The Morgan fingerprint density at radius 2 is 1.95 bits per heavy atom. The first-order chi connectivity index (χ1) is 9.85. The number of anilines is 2. The number of nitrogens with one attached hydrogen (secondary N) is 1. The van der Waals surface area contributed by atoms with E-state index in [1.165, 1.54) is 25.3 Å². The zero-order chi connectivity index (χ0) is 15.6. The summed E-state index contributed by atoms with van der Waals surface area (Å²) in [4.78, 5) is 0.0126. The summed E-state index contributed by atoms with van der Waals surface area (Å²) in [6.07, 6.45) is 0. The minimum atomic E-state index is -3.80. The molecule has 0 heterocycles. The molecular formula is C14H15ClN2O3S. The van der Waals surface area contributed by atoms with Crippen LogP contribution in [0.25, 0.3) is 0 Å². The molecule has 3 N–H and O–H groups in total. The topological polar surface area (TPSA) is 81.4 Å². The molecule has 2 aromatic rings. The van der Waals surface area contributed by atoms with Crippen LogP contribution in [-0.2, 0) is 10.0 Å². The Morgan fingerprint density at radius 3 is 2.62 bits per heavy atom. The molecule has 0 spiro atoms. The Labute approximate surface area is 128 Å². The fourth-order valence-electron chi connectivity index (χ4n) is 1.82. The molecule has 0 saturated carbocycles. The number of nitrogens with two attached hydrogens (primary N) is 1. The van der Waals surface area contributed by atoms with E-state index in [2.05, 4.69) is 4.72 Å². The predicted octanol–water partition coefficient (Wildman–Crippen LogP) is 3.04. The van der Waals surface area contributed by atoms with E-state index in [0.717, 1.165) is 0 Å². The van der Waals surface area contributed by atoms with Crippen LogP contribution < -0.4 is 15.2 Å². The van der Waals surface area contributed by atoms with Gasteiger partial charge in [0.1, 0.15) is 10.6 Å². The van der Waals surface area contributed by atoms with E-state index in [-0.39, 0.29) is 10.6 Å². The van der Waals surface area contributed by atoms with E-state index in [4.69, 9.17) is 22.1 Å². The van der Waals surface area contributed by atoms with Crippen LogP contribution >= 0.6 is 11.6 Å². The van der Waals surface area contributed by atoms with Gasteiger partial charge < -0.3 is 10.5 Å². The molecule has 0 aromatic heterocycles. The first kappa shape index (κ1) is 15.5. The molecule has 2 aromatic carbocycles.